The summed E-state index contributed by atoms with van der Waals surface area (Å²) in [5, 5.41) is 16.5. The van der Waals surface area contributed by atoms with Crippen LogP contribution < -0.4 is 0 Å². The van der Waals surface area contributed by atoms with Crippen LogP contribution in [0.2, 0.25) is 0 Å². The zero-order valence-electron chi connectivity index (χ0n) is 18.4. The molecule has 166 valence electrons. The Balaban J connectivity index is 1.60. The van der Waals surface area contributed by atoms with Gasteiger partial charge in [-0.1, -0.05) is 60.3 Å². The number of nitrogens with zero attached hydrogens (tertiary/aromatic N) is 3. The van der Waals surface area contributed by atoms with Gasteiger partial charge < -0.3 is 5.11 Å². The van der Waals surface area contributed by atoms with E-state index in [1.165, 1.54) is 12.1 Å². The van der Waals surface area contributed by atoms with E-state index in [1.54, 1.807) is 42.2 Å². The van der Waals surface area contributed by atoms with Crippen molar-refractivity contribution in [3.63, 3.8) is 0 Å². The second-order valence-electron chi connectivity index (χ2n) is 7.73. The number of hydrogen-bond acceptors (Lipinski definition) is 5. The molecule has 1 N–H and O–H groups in total. The first-order valence-electron chi connectivity index (χ1n) is 10.8. The van der Waals surface area contributed by atoms with Gasteiger partial charge in [-0.15, -0.1) is 0 Å². The molecule has 6 heteroatoms. The zero-order valence-corrected chi connectivity index (χ0v) is 19.2. The van der Waals surface area contributed by atoms with Crippen molar-refractivity contribution in [2.45, 2.75) is 16.8 Å². The standard InChI is InChI=1S/C28H21N3O2S/c1-19-24(15-16-25(33)21-9-5-13-23(32)18-21)28(31(30-19)22-11-3-2-4-12-22)34-26-14-6-8-20-10-7-17-29-27(20)26/h2-18,32H,1H3/b16-15+. The van der Waals surface area contributed by atoms with Crippen LogP contribution in [0, 0.1) is 6.92 Å². The zero-order chi connectivity index (χ0) is 23.5. The van der Waals surface area contributed by atoms with Crippen molar-refractivity contribution in [3.8, 4) is 11.4 Å². The van der Waals surface area contributed by atoms with Gasteiger partial charge >= 0.3 is 0 Å². The smallest absolute Gasteiger partial charge is 0.185 e. The Morgan fingerprint density at radius 2 is 1.76 bits per heavy atom. The molecule has 0 radical (unpaired) electrons. The van der Waals surface area contributed by atoms with Crippen LogP contribution in [0.3, 0.4) is 0 Å². The summed E-state index contributed by atoms with van der Waals surface area (Å²) in [6.45, 7) is 1.93. The minimum absolute atomic E-state index is 0.0621. The van der Waals surface area contributed by atoms with Crippen LogP contribution in [0.15, 0.2) is 107 Å². The van der Waals surface area contributed by atoms with Gasteiger partial charge in [-0.2, -0.15) is 5.10 Å². The monoisotopic (exact) mass is 463 g/mol. The van der Waals surface area contributed by atoms with Gasteiger partial charge in [-0.05, 0) is 55.5 Å². The van der Waals surface area contributed by atoms with Crippen LogP contribution in [0.25, 0.3) is 22.7 Å². The third-order valence-electron chi connectivity index (χ3n) is 5.40. The number of carbonyl (C=O) groups is 1. The number of carbonyl (C=O) groups excluding carboxylic acids is 1. The molecule has 0 aliphatic heterocycles. The lowest BCUT2D eigenvalue weighted by Gasteiger charge is -2.10. The maximum Gasteiger partial charge on any atom is 0.185 e. The highest BCUT2D eigenvalue weighted by Gasteiger charge is 2.18. The molecule has 5 aromatic rings. The Labute approximate surface area is 201 Å². The molecule has 0 saturated heterocycles. The lowest BCUT2D eigenvalue weighted by molar-refractivity contribution is 0.104. The minimum Gasteiger partial charge on any atom is -0.508 e. The maximum atomic E-state index is 12.8. The van der Waals surface area contributed by atoms with Crippen molar-refractivity contribution < 1.29 is 9.90 Å². The van der Waals surface area contributed by atoms with Gasteiger partial charge in [0.1, 0.15) is 10.8 Å². The Bertz CT molecular complexity index is 1520. The van der Waals surface area contributed by atoms with E-state index in [2.05, 4.69) is 4.98 Å². The van der Waals surface area contributed by atoms with Crippen molar-refractivity contribution in [1.82, 2.24) is 14.8 Å². The van der Waals surface area contributed by atoms with E-state index in [0.29, 0.717) is 5.56 Å². The predicted molar refractivity (Wildman–Crippen MR) is 136 cm³/mol. The Kier molecular flexibility index (Phi) is 5.97. The molecular weight excluding hydrogens is 442 g/mol. The van der Waals surface area contributed by atoms with Crippen molar-refractivity contribution in [3.05, 3.63) is 114 Å². The fourth-order valence-corrected chi connectivity index (χ4v) is 4.91. The number of aromatic hydroxyl groups is 1. The summed E-state index contributed by atoms with van der Waals surface area (Å²) >= 11 is 1.57. The maximum absolute atomic E-state index is 12.8. The number of phenolic OH excluding ortho intramolecular Hbond substituents is 1. The van der Waals surface area contributed by atoms with Crippen LogP contribution in [-0.4, -0.2) is 25.7 Å². The molecule has 0 aliphatic carbocycles. The molecule has 0 saturated carbocycles. The first kappa shape index (κ1) is 21.7. The average Bonchev–Trinajstić information content (AvgIpc) is 3.18. The highest BCUT2D eigenvalue weighted by atomic mass is 32.2. The van der Waals surface area contributed by atoms with Gasteiger partial charge in [0.05, 0.1) is 16.9 Å². The summed E-state index contributed by atoms with van der Waals surface area (Å²) in [6, 6.07) is 26.3. The molecule has 0 unspecified atom stereocenters. The molecule has 0 amide bonds. The number of rotatable bonds is 6. The molecule has 5 rings (SSSR count). The third-order valence-corrected chi connectivity index (χ3v) is 6.53. The second kappa shape index (κ2) is 9.37. The average molecular weight is 464 g/mol. The molecule has 0 aliphatic rings. The lowest BCUT2D eigenvalue weighted by atomic mass is 10.1. The van der Waals surface area contributed by atoms with Crippen molar-refractivity contribution in [1.29, 1.82) is 0 Å². The number of fused-ring (bicyclic) bond motifs is 1. The summed E-state index contributed by atoms with van der Waals surface area (Å²) < 4.78 is 1.90. The van der Waals surface area contributed by atoms with Gasteiger partial charge in [0, 0.05) is 27.6 Å². The number of aryl methyl sites for hydroxylation is 1. The largest absolute Gasteiger partial charge is 0.508 e. The van der Waals surface area contributed by atoms with E-state index < -0.39 is 0 Å². The van der Waals surface area contributed by atoms with E-state index in [-0.39, 0.29) is 11.5 Å². The number of phenols is 1. The molecular formula is C28H21N3O2S. The summed E-state index contributed by atoms with van der Waals surface area (Å²) in [4.78, 5) is 18.4. The number of para-hydroxylation sites is 2. The normalized spacial score (nSPS) is 11.3. The van der Waals surface area contributed by atoms with Gasteiger partial charge in [0.25, 0.3) is 0 Å². The highest BCUT2D eigenvalue weighted by molar-refractivity contribution is 7.99. The molecule has 0 spiro atoms. The molecule has 2 heterocycles. The van der Waals surface area contributed by atoms with E-state index in [0.717, 1.165) is 37.8 Å². The van der Waals surface area contributed by atoms with Crippen molar-refractivity contribution in [2.24, 2.45) is 0 Å². The topological polar surface area (TPSA) is 68.0 Å². The van der Waals surface area contributed by atoms with Crippen molar-refractivity contribution in [2.75, 3.05) is 0 Å². The molecule has 0 bridgehead atoms. The number of benzene rings is 3. The van der Waals surface area contributed by atoms with Gasteiger partial charge in [-0.3, -0.25) is 9.78 Å². The number of pyridine rings is 1. The molecule has 0 fully saturated rings. The van der Waals surface area contributed by atoms with E-state index in [4.69, 9.17) is 5.10 Å². The second-order valence-corrected chi connectivity index (χ2v) is 8.76. The van der Waals surface area contributed by atoms with Gasteiger partial charge in [-0.25, -0.2) is 4.68 Å². The predicted octanol–water partition coefficient (Wildman–Crippen LogP) is 6.48. The number of aromatic nitrogens is 3. The van der Waals surface area contributed by atoms with Gasteiger partial charge in [0.15, 0.2) is 5.78 Å². The molecule has 34 heavy (non-hydrogen) atoms. The van der Waals surface area contributed by atoms with Crippen LogP contribution in [0.5, 0.6) is 5.75 Å². The van der Waals surface area contributed by atoms with Crippen molar-refractivity contribution >= 4 is 34.5 Å². The number of ketones is 1. The lowest BCUT2D eigenvalue weighted by Crippen LogP contribution is -1.98. The SMILES string of the molecule is Cc1nn(-c2ccccc2)c(Sc2cccc3cccnc23)c1/C=C/C(=O)c1cccc(O)c1. The minimum atomic E-state index is -0.189. The van der Waals surface area contributed by atoms with E-state index >= 15 is 0 Å². The third kappa shape index (κ3) is 4.36. The first-order valence-corrected chi connectivity index (χ1v) is 11.6. The quantitative estimate of drug-likeness (QED) is 0.230. The van der Waals surface area contributed by atoms with Crippen LogP contribution in [-0.2, 0) is 0 Å². The fraction of sp³-hybridized carbons (Fsp3) is 0.0357. The number of allylic oxidation sites excluding steroid dienone is 1. The molecule has 0 atom stereocenters. The van der Waals surface area contributed by atoms with E-state index in [1.807, 2.05) is 72.3 Å². The highest BCUT2D eigenvalue weighted by Crippen LogP contribution is 2.37. The Morgan fingerprint density at radius 1 is 0.971 bits per heavy atom. The summed E-state index contributed by atoms with van der Waals surface area (Å²) in [7, 11) is 0. The summed E-state index contributed by atoms with van der Waals surface area (Å²) in [6.07, 6.45) is 5.12. The Morgan fingerprint density at radius 3 is 2.59 bits per heavy atom. The summed E-state index contributed by atoms with van der Waals surface area (Å²) in [5.41, 5.74) is 3.94. The van der Waals surface area contributed by atoms with Gasteiger partial charge in [0.2, 0.25) is 0 Å². The number of hydrogen-bond donors (Lipinski definition) is 1. The first-order chi connectivity index (χ1) is 16.6. The molecule has 3 aromatic carbocycles. The Hall–Kier alpha value is -4.16. The van der Waals surface area contributed by atoms with Crippen LogP contribution in [0.1, 0.15) is 21.6 Å². The summed E-state index contributed by atoms with van der Waals surface area (Å²) in [5.74, 6) is -0.127. The fourth-order valence-electron chi connectivity index (χ4n) is 3.73. The molecule has 5 nitrogen and oxygen atoms in total. The molecule has 2 aromatic heterocycles. The van der Waals surface area contributed by atoms with E-state index in [9.17, 15) is 9.90 Å². The van der Waals surface area contributed by atoms with Crippen LogP contribution in [0.4, 0.5) is 0 Å². The van der Waals surface area contributed by atoms with Crippen LogP contribution >= 0.6 is 11.8 Å².